The van der Waals surface area contributed by atoms with Crippen LogP contribution in [0.5, 0.6) is 0 Å². The van der Waals surface area contributed by atoms with Gasteiger partial charge in [-0.3, -0.25) is 4.72 Å². The number of benzene rings is 1. The van der Waals surface area contributed by atoms with Crippen molar-refractivity contribution in [3.63, 3.8) is 0 Å². The SMILES string of the molecule is Cc1ncc(S(=O)(=O)Nc2cccc(C(C)O)c2)[nH]1. The molecule has 1 unspecified atom stereocenters. The molecule has 0 aliphatic carbocycles. The maximum atomic E-state index is 12.1. The molecular weight excluding hydrogens is 266 g/mol. The Kier molecular flexibility index (Phi) is 3.59. The van der Waals surface area contributed by atoms with Crippen molar-refractivity contribution in [2.45, 2.75) is 25.0 Å². The Hall–Kier alpha value is -1.86. The van der Waals surface area contributed by atoms with Crippen molar-refractivity contribution in [2.75, 3.05) is 4.72 Å². The van der Waals surface area contributed by atoms with Gasteiger partial charge < -0.3 is 10.1 Å². The number of aliphatic hydroxyl groups excluding tert-OH is 1. The van der Waals surface area contributed by atoms with Gasteiger partial charge in [0.15, 0.2) is 5.03 Å². The summed E-state index contributed by atoms with van der Waals surface area (Å²) in [4.78, 5) is 6.52. The number of nitrogens with zero attached hydrogens (tertiary/aromatic N) is 1. The molecule has 7 heteroatoms. The Morgan fingerprint density at radius 3 is 2.74 bits per heavy atom. The molecule has 3 N–H and O–H groups in total. The zero-order valence-corrected chi connectivity index (χ0v) is 11.4. The predicted octanol–water partition coefficient (Wildman–Crippen LogP) is 1.57. The van der Waals surface area contributed by atoms with E-state index in [-0.39, 0.29) is 5.03 Å². The minimum atomic E-state index is -3.68. The topological polar surface area (TPSA) is 95.1 Å². The highest BCUT2D eigenvalue weighted by atomic mass is 32.2. The first-order chi connectivity index (χ1) is 8.88. The molecule has 102 valence electrons. The molecule has 0 saturated heterocycles. The second-order valence-electron chi connectivity index (χ2n) is 4.24. The van der Waals surface area contributed by atoms with Gasteiger partial charge >= 0.3 is 0 Å². The van der Waals surface area contributed by atoms with E-state index >= 15 is 0 Å². The molecule has 1 atom stereocenters. The third-order valence-electron chi connectivity index (χ3n) is 2.59. The number of aliphatic hydroxyl groups is 1. The largest absolute Gasteiger partial charge is 0.389 e. The Morgan fingerprint density at radius 2 is 2.16 bits per heavy atom. The highest BCUT2D eigenvalue weighted by Gasteiger charge is 2.16. The van der Waals surface area contributed by atoms with Gasteiger partial charge in [0.2, 0.25) is 0 Å². The summed E-state index contributed by atoms with van der Waals surface area (Å²) in [5, 5.41) is 9.48. The Balaban J connectivity index is 2.28. The maximum absolute atomic E-state index is 12.1. The molecule has 0 spiro atoms. The molecule has 0 aliphatic heterocycles. The van der Waals surface area contributed by atoms with Gasteiger partial charge in [-0.05, 0) is 31.5 Å². The summed E-state index contributed by atoms with van der Waals surface area (Å²) < 4.78 is 26.5. The van der Waals surface area contributed by atoms with Crippen LogP contribution in [0.1, 0.15) is 24.4 Å². The van der Waals surface area contributed by atoms with Gasteiger partial charge in [0.25, 0.3) is 10.0 Å². The summed E-state index contributed by atoms with van der Waals surface area (Å²) in [7, 11) is -3.68. The average Bonchev–Trinajstić information content (AvgIpc) is 2.76. The lowest BCUT2D eigenvalue weighted by atomic mass is 10.1. The number of anilines is 1. The summed E-state index contributed by atoms with van der Waals surface area (Å²) in [6, 6.07) is 6.61. The summed E-state index contributed by atoms with van der Waals surface area (Å²) in [6.07, 6.45) is 0.606. The van der Waals surface area contributed by atoms with Crippen molar-refractivity contribution in [1.82, 2.24) is 9.97 Å². The van der Waals surface area contributed by atoms with E-state index in [2.05, 4.69) is 14.7 Å². The molecule has 0 aliphatic rings. The quantitative estimate of drug-likeness (QED) is 0.792. The van der Waals surface area contributed by atoms with Crippen LogP contribution in [0.2, 0.25) is 0 Å². The maximum Gasteiger partial charge on any atom is 0.278 e. The van der Waals surface area contributed by atoms with Gasteiger partial charge in [0, 0.05) is 5.69 Å². The Labute approximate surface area is 111 Å². The van der Waals surface area contributed by atoms with Gasteiger partial charge in [-0.15, -0.1) is 0 Å². The number of aromatic nitrogens is 2. The first-order valence-electron chi connectivity index (χ1n) is 5.71. The van der Waals surface area contributed by atoms with E-state index in [1.807, 2.05) is 0 Å². The number of hydrogen-bond donors (Lipinski definition) is 3. The first kappa shape index (κ1) is 13.6. The normalized spacial score (nSPS) is 13.2. The highest BCUT2D eigenvalue weighted by molar-refractivity contribution is 7.92. The van der Waals surface area contributed by atoms with Gasteiger partial charge in [0.05, 0.1) is 12.3 Å². The standard InChI is InChI=1S/C12H15N3O3S/c1-8(16)10-4-3-5-11(6-10)15-19(17,18)12-7-13-9(2)14-12/h3-8,15-16H,1-2H3,(H,13,14). The number of hydrogen-bond acceptors (Lipinski definition) is 4. The minimum absolute atomic E-state index is 0.00690. The lowest BCUT2D eigenvalue weighted by Gasteiger charge is -2.09. The fourth-order valence-electron chi connectivity index (χ4n) is 1.61. The van der Waals surface area contributed by atoms with Crippen LogP contribution in [0.15, 0.2) is 35.5 Å². The third-order valence-corrected chi connectivity index (χ3v) is 3.88. The molecule has 6 nitrogen and oxygen atoms in total. The van der Waals surface area contributed by atoms with Crippen LogP contribution in [-0.2, 0) is 10.0 Å². The van der Waals surface area contributed by atoms with E-state index in [4.69, 9.17) is 0 Å². The van der Waals surface area contributed by atoms with Gasteiger partial charge in [-0.2, -0.15) is 8.42 Å². The van der Waals surface area contributed by atoms with Crippen LogP contribution in [-0.4, -0.2) is 23.5 Å². The zero-order chi connectivity index (χ0) is 14.0. The van der Waals surface area contributed by atoms with Crippen molar-refractivity contribution < 1.29 is 13.5 Å². The monoisotopic (exact) mass is 281 g/mol. The first-order valence-corrected chi connectivity index (χ1v) is 7.19. The Morgan fingerprint density at radius 1 is 1.42 bits per heavy atom. The van der Waals surface area contributed by atoms with Crippen LogP contribution >= 0.6 is 0 Å². The van der Waals surface area contributed by atoms with Crippen molar-refractivity contribution in [1.29, 1.82) is 0 Å². The molecule has 19 heavy (non-hydrogen) atoms. The fourth-order valence-corrected chi connectivity index (χ4v) is 2.63. The van der Waals surface area contributed by atoms with Crippen LogP contribution in [0.4, 0.5) is 5.69 Å². The molecule has 0 radical (unpaired) electrons. The number of rotatable bonds is 4. The lowest BCUT2D eigenvalue weighted by Crippen LogP contribution is -2.13. The van der Waals surface area contributed by atoms with E-state index in [9.17, 15) is 13.5 Å². The van der Waals surface area contributed by atoms with Crippen molar-refractivity contribution in [3.8, 4) is 0 Å². The Bertz CT molecular complexity index is 677. The van der Waals surface area contributed by atoms with E-state index in [1.165, 1.54) is 6.20 Å². The second kappa shape index (κ2) is 5.02. The molecule has 1 heterocycles. The number of imidazole rings is 1. The number of aryl methyl sites for hydroxylation is 1. The smallest absolute Gasteiger partial charge is 0.278 e. The number of nitrogens with one attached hydrogen (secondary N) is 2. The molecule has 2 rings (SSSR count). The molecule has 1 aromatic heterocycles. The molecule has 0 fully saturated rings. The highest BCUT2D eigenvalue weighted by Crippen LogP contribution is 2.19. The number of aromatic amines is 1. The van der Waals surface area contributed by atoms with Gasteiger partial charge in [0.1, 0.15) is 5.82 Å². The fraction of sp³-hybridized carbons (Fsp3) is 0.250. The average molecular weight is 281 g/mol. The number of sulfonamides is 1. The van der Waals surface area contributed by atoms with E-state index in [1.54, 1.807) is 38.1 Å². The van der Waals surface area contributed by atoms with Crippen molar-refractivity contribution >= 4 is 15.7 Å². The molecule has 0 amide bonds. The molecule has 2 aromatic rings. The van der Waals surface area contributed by atoms with Gasteiger partial charge in [-0.25, -0.2) is 4.98 Å². The van der Waals surface area contributed by atoms with Crippen LogP contribution in [0.3, 0.4) is 0 Å². The minimum Gasteiger partial charge on any atom is -0.389 e. The van der Waals surface area contributed by atoms with Crippen LogP contribution in [0.25, 0.3) is 0 Å². The van der Waals surface area contributed by atoms with Crippen LogP contribution in [0, 0.1) is 6.92 Å². The lowest BCUT2D eigenvalue weighted by molar-refractivity contribution is 0.199. The molecular formula is C12H15N3O3S. The van der Waals surface area contributed by atoms with E-state index < -0.39 is 16.1 Å². The molecule has 0 saturated carbocycles. The van der Waals surface area contributed by atoms with Gasteiger partial charge in [-0.1, -0.05) is 12.1 Å². The second-order valence-corrected chi connectivity index (χ2v) is 5.89. The van der Waals surface area contributed by atoms with Crippen molar-refractivity contribution in [2.24, 2.45) is 0 Å². The zero-order valence-electron chi connectivity index (χ0n) is 10.6. The van der Waals surface area contributed by atoms with E-state index in [0.717, 1.165) is 0 Å². The van der Waals surface area contributed by atoms with Crippen LogP contribution < -0.4 is 4.72 Å². The molecule has 0 bridgehead atoms. The third kappa shape index (κ3) is 3.12. The van der Waals surface area contributed by atoms with Crippen molar-refractivity contribution in [3.05, 3.63) is 41.9 Å². The predicted molar refractivity (Wildman–Crippen MR) is 71.2 cm³/mol. The van der Waals surface area contributed by atoms with E-state index in [0.29, 0.717) is 17.1 Å². The summed E-state index contributed by atoms with van der Waals surface area (Å²) in [6.45, 7) is 3.29. The summed E-state index contributed by atoms with van der Waals surface area (Å²) in [5.41, 5.74) is 1.03. The molecule has 1 aromatic carbocycles. The number of H-pyrrole nitrogens is 1. The summed E-state index contributed by atoms with van der Waals surface area (Å²) in [5.74, 6) is 0.526. The summed E-state index contributed by atoms with van der Waals surface area (Å²) >= 11 is 0.